The Kier molecular flexibility index (Phi) is 2.45. The Morgan fingerprint density at radius 2 is 2.21 bits per heavy atom. The predicted octanol–water partition coefficient (Wildman–Crippen LogP) is 2.59. The Morgan fingerprint density at radius 3 is 2.93 bits per heavy atom. The van der Waals surface area contributed by atoms with Gasteiger partial charge >= 0.3 is 0 Å². The highest BCUT2D eigenvalue weighted by Gasteiger charge is 2.02. The van der Waals surface area contributed by atoms with E-state index in [0.29, 0.717) is 0 Å². The summed E-state index contributed by atoms with van der Waals surface area (Å²) < 4.78 is 0. The molecular formula is C12H11N2. The van der Waals surface area contributed by atoms with Crippen LogP contribution in [-0.2, 0) is 0 Å². The summed E-state index contributed by atoms with van der Waals surface area (Å²) in [4.78, 5) is 4.25. The SMILES string of the molecule is CNc1ncccc1-c1c[c]ccc1. The molecule has 0 atom stereocenters. The second kappa shape index (κ2) is 3.92. The first-order valence-electron chi connectivity index (χ1n) is 4.51. The molecule has 0 bridgehead atoms. The van der Waals surface area contributed by atoms with Gasteiger partial charge in [-0.05, 0) is 29.8 Å². The van der Waals surface area contributed by atoms with Crippen LogP contribution in [0.5, 0.6) is 0 Å². The summed E-state index contributed by atoms with van der Waals surface area (Å²) in [6.07, 6.45) is 1.78. The third-order valence-corrected chi connectivity index (χ3v) is 2.06. The van der Waals surface area contributed by atoms with Crippen LogP contribution in [0.3, 0.4) is 0 Å². The number of hydrogen-bond acceptors (Lipinski definition) is 2. The topological polar surface area (TPSA) is 24.9 Å². The molecule has 14 heavy (non-hydrogen) atoms. The lowest BCUT2D eigenvalue weighted by Crippen LogP contribution is -1.94. The zero-order valence-corrected chi connectivity index (χ0v) is 7.99. The lowest BCUT2D eigenvalue weighted by Gasteiger charge is -2.06. The van der Waals surface area contributed by atoms with E-state index in [1.165, 1.54) is 0 Å². The number of benzene rings is 1. The van der Waals surface area contributed by atoms with Gasteiger partial charge in [0.05, 0.1) is 0 Å². The normalized spacial score (nSPS) is 9.79. The highest BCUT2D eigenvalue weighted by atomic mass is 15.0. The quantitative estimate of drug-likeness (QED) is 0.774. The van der Waals surface area contributed by atoms with Crippen LogP contribution >= 0.6 is 0 Å². The molecule has 2 nitrogen and oxygen atoms in total. The molecule has 0 saturated carbocycles. The number of rotatable bonds is 2. The number of aromatic nitrogens is 1. The summed E-state index contributed by atoms with van der Waals surface area (Å²) in [6.45, 7) is 0. The zero-order chi connectivity index (χ0) is 9.80. The van der Waals surface area contributed by atoms with Gasteiger partial charge in [-0.1, -0.05) is 18.2 Å². The van der Waals surface area contributed by atoms with Gasteiger partial charge in [0.15, 0.2) is 0 Å². The summed E-state index contributed by atoms with van der Waals surface area (Å²) in [5.41, 5.74) is 2.23. The number of pyridine rings is 1. The van der Waals surface area contributed by atoms with Gasteiger partial charge in [-0.25, -0.2) is 4.98 Å². The molecule has 1 aromatic carbocycles. The van der Waals surface area contributed by atoms with Crippen LogP contribution in [0.25, 0.3) is 11.1 Å². The monoisotopic (exact) mass is 183 g/mol. The van der Waals surface area contributed by atoms with Crippen LogP contribution in [0.1, 0.15) is 0 Å². The van der Waals surface area contributed by atoms with E-state index in [1.54, 1.807) is 6.20 Å². The first kappa shape index (κ1) is 8.75. The number of nitrogens with zero attached hydrogens (tertiary/aromatic N) is 1. The second-order valence-corrected chi connectivity index (χ2v) is 2.94. The van der Waals surface area contributed by atoms with Crippen molar-refractivity contribution in [3.05, 3.63) is 48.7 Å². The van der Waals surface area contributed by atoms with Gasteiger partial charge in [-0.2, -0.15) is 0 Å². The molecule has 0 aliphatic heterocycles. The Bertz CT molecular complexity index is 410. The maximum absolute atomic E-state index is 4.25. The van der Waals surface area contributed by atoms with E-state index in [1.807, 2.05) is 43.4 Å². The smallest absolute Gasteiger partial charge is 0.133 e. The predicted molar refractivity (Wildman–Crippen MR) is 58.1 cm³/mol. The van der Waals surface area contributed by atoms with Crippen molar-refractivity contribution in [2.24, 2.45) is 0 Å². The Hall–Kier alpha value is -1.83. The van der Waals surface area contributed by atoms with E-state index in [-0.39, 0.29) is 0 Å². The fraction of sp³-hybridized carbons (Fsp3) is 0.0833. The van der Waals surface area contributed by atoms with Crippen LogP contribution in [0.15, 0.2) is 42.6 Å². The summed E-state index contributed by atoms with van der Waals surface area (Å²) in [6, 6.07) is 14.9. The van der Waals surface area contributed by atoms with Crippen LogP contribution in [0.2, 0.25) is 0 Å². The van der Waals surface area contributed by atoms with Gasteiger partial charge in [0.25, 0.3) is 0 Å². The van der Waals surface area contributed by atoms with Crippen LogP contribution in [0, 0.1) is 6.07 Å². The first-order valence-corrected chi connectivity index (χ1v) is 4.51. The highest BCUT2D eigenvalue weighted by molar-refractivity contribution is 5.74. The minimum Gasteiger partial charge on any atom is -0.373 e. The fourth-order valence-electron chi connectivity index (χ4n) is 1.40. The van der Waals surface area contributed by atoms with E-state index in [2.05, 4.69) is 16.4 Å². The Morgan fingerprint density at radius 1 is 1.29 bits per heavy atom. The molecule has 0 aliphatic carbocycles. The van der Waals surface area contributed by atoms with Crippen molar-refractivity contribution < 1.29 is 0 Å². The van der Waals surface area contributed by atoms with Gasteiger partial charge in [0.2, 0.25) is 0 Å². The van der Waals surface area contributed by atoms with Crippen molar-refractivity contribution >= 4 is 5.82 Å². The van der Waals surface area contributed by atoms with Crippen molar-refractivity contribution in [3.8, 4) is 11.1 Å². The molecule has 69 valence electrons. The second-order valence-electron chi connectivity index (χ2n) is 2.94. The molecule has 0 saturated heterocycles. The van der Waals surface area contributed by atoms with Gasteiger partial charge in [-0.3, -0.25) is 0 Å². The first-order chi connectivity index (χ1) is 6.92. The summed E-state index contributed by atoms with van der Waals surface area (Å²) in [5, 5.41) is 3.07. The Labute approximate surface area is 83.6 Å². The molecule has 1 N–H and O–H groups in total. The van der Waals surface area contributed by atoms with Gasteiger partial charge in [0.1, 0.15) is 5.82 Å². The van der Waals surface area contributed by atoms with Gasteiger partial charge < -0.3 is 5.32 Å². The maximum atomic E-state index is 4.25. The largest absolute Gasteiger partial charge is 0.373 e. The molecule has 0 aliphatic rings. The summed E-state index contributed by atoms with van der Waals surface area (Å²) in [7, 11) is 1.87. The average Bonchev–Trinajstić information content (AvgIpc) is 2.30. The van der Waals surface area contributed by atoms with Crippen LogP contribution in [-0.4, -0.2) is 12.0 Å². The molecule has 2 rings (SSSR count). The lowest BCUT2D eigenvalue weighted by atomic mass is 10.1. The van der Waals surface area contributed by atoms with Crippen LogP contribution in [0.4, 0.5) is 5.82 Å². The average molecular weight is 183 g/mol. The minimum atomic E-state index is 0.895. The fourth-order valence-corrected chi connectivity index (χ4v) is 1.40. The zero-order valence-electron chi connectivity index (χ0n) is 7.99. The van der Waals surface area contributed by atoms with Gasteiger partial charge in [-0.15, -0.1) is 0 Å². The lowest BCUT2D eigenvalue weighted by molar-refractivity contribution is 1.29. The van der Waals surface area contributed by atoms with Crippen molar-refractivity contribution in [3.63, 3.8) is 0 Å². The van der Waals surface area contributed by atoms with E-state index >= 15 is 0 Å². The molecule has 0 spiro atoms. The van der Waals surface area contributed by atoms with Crippen molar-refractivity contribution in [1.82, 2.24) is 4.98 Å². The number of nitrogens with one attached hydrogen (secondary N) is 1. The van der Waals surface area contributed by atoms with E-state index in [4.69, 9.17) is 0 Å². The van der Waals surface area contributed by atoms with E-state index in [9.17, 15) is 0 Å². The minimum absolute atomic E-state index is 0.895. The summed E-state index contributed by atoms with van der Waals surface area (Å²) in [5.74, 6) is 0.895. The summed E-state index contributed by atoms with van der Waals surface area (Å²) >= 11 is 0. The van der Waals surface area contributed by atoms with E-state index in [0.717, 1.165) is 16.9 Å². The van der Waals surface area contributed by atoms with E-state index < -0.39 is 0 Å². The van der Waals surface area contributed by atoms with Crippen molar-refractivity contribution in [2.75, 3.05) is 12.4 Å². The molecule has 1 aromatic heterocycles. The molecule has 0 fully saturated rings. The van der Waals surface area contributed by atoms with Crippen LogP contribution < -0.4 is 5.32 Å². The number of anilines is 1. The number of hydrogen-bond donors (Lipinski definition) is 1. The standard InChI is InChI=1S/C12H11N2/c1-13-12-11(8-5-9-14-12)10-6-3-2-4-7-10/h2-3,5-9H,1H3,(H,13,14). The Balaban J connectivity index is 2.51. The molecule has 1 radical (unpaired) electrons. The maximum Gasteiger partial charge on any atom is 0.133 e. The third-order valence-electron chi connectivity index (χ3n) is 2.06. The molecule has 1 heterocycles. The molecule has 2 heteroatoms. The molecule has 2 aromatic rings. The molecular weight excluding hydrogens is 172 g/mol. The highest BCUT2D eigenvalue weighted by Crippen LogP contribution is 2.24. The van der Waals surface area contributed by atoms with Gasteiger partial charge in [0, 0.05) is 18.8 Å². The van der Waals surface area contributed by atoms with Crippen molar-refractivity contribution in [2.45, 2.75) is 0 Å². The van der Waals surface area contributed by atoms with Crippen molar-refractivity contribution in [1.29, 1.82) is 0 Å². The molecule has 0 unspecified atom stereocenters. The third kappa shape index (κ3) is 1.59. The molecule has 0 amide bonds.